The van der Waals surface area contributed by atoms with Crippen LogP contribution in [0, 0.1) is 12.7 Å². The van der Waals surface area contributed by atoms with Gasteiger partial charge in [0, 0.05) is 25.3 Å². The second-order valence-corrected chi connectivity index (χ2v) is 4.94. The molecule has 2 nitrogen and oxygen atoms in total. The molecular formula is C14H21FN2. The van der Waals surface area contributed by atoms with Crippen molar-refractivity contribution < 1.29 is 4.39 Å². The van der Waals surface area contributed by atoms with Gasteiger partial charge in [-0.2, -0.15) is 0 Å². The fourth-order valence-corrected chi connectivity index (χ4v) is 2.35. The Morgan fingerprint density at radius 1 is 1.47 bits per heavy atom. The van der Waals surface area contributed by atoms with Crippen molar-refractivity contribution >= 4 is 5.69 Å². The van der Waals surface area contributed by atoms with Gasteiger partial charge in [-0.05, 0) is 56.5 Å². The number of halogens is 1. The van der Waals surface area contributed by atoms with Crippen molar-refractivity contribution in [1.82, 2.24) is 5.32 Å². The zero-order valence-corrected chi connectivity index (χ0v) is 10.7. The summed E-state index contributed by atoms with van der Waals surface area (Å²) in [6, 6.07) is 5.98. The molecule has 1 unspecified atom stereocenters. The number of nitrogens with one attached hydrogen (secondary N) is 1. The summed E-state index contributed by atoms with van der Waals surface area (Å²) in [6.45, 7) is 3.98. The van der Waals surface area contributed by atoms with Crippen molar-refractivity contribution in [3.05, 3.63) is 29.6 Å². The molecular weight excluding hydrogens is 215 g/mol. The molecule has 0 amide bonds. The second kappa shape index (κ2) is 5.50. The molecule has 1 N–H and O–H groups in total. The molecule has 0 radical (unpaired) electrons. The number of aryl methyl sites for hydroxylation is 1. The average molecular weight is 236 g/mol. The minimum Gasteiger partial charge on any atom is -0.375 e. The van der Waals surface area contributed by atoms with Gasteiger partial charge in [0.25, 0.3) is 0 Å². The molecule has 1 aliphatic rings. The summed E-state index contributed by atoms with van der Waals surface area (Å²) in [5.41, 5.74) is 1.82. The van der Waals surface area contributed by atoms with E-state index < -0.39 is 0 Å². The lowest BCUT2D eigenvalue weighted by Gasteiger charge is -2.22. The molecule has 0 spiro atoms. The summed E-state index contributed by atoms with van der Waals surface area (Å²) in [4.78, 5) is 2.20. The van der Waals surface area contributed by atoms with Crippen LogP contribution in [0.1, 0.15) is 24.8 Å². The molecule has 0 saturated carbocycles. The minimum atomic E-state index is -0.125. The van der Waals surface area contributed by atoms with Gasteiger partial charge in [0.2, 0.25) is 0 Å². The number of anilines is 1. The third kappa shape index (κ3) is 3.19. The molecule has 17 heavy (non-hydrogen) atoms. The standard InChI is InChI=1S/C14H21FN2/c1-11-10-13(5-6-14(11)15)17(2)9-7-12-4-3-8-16-12/h5-6,10,12,16H,3-4,7-9H2,1-2H3. The summed E-state index contributed by atoms with van der Waals surface area (Å²) in [6.07, 6.45) is 3.74. The lowest BCUT2D eigenvalue weighted by molar-refractivity contribution is 0.559. The molecule has 3 heteroatoms. The number of hydrogen-bond donors (Lipinski definition) is 1. The van der Waals surface area contributed by atoms with E-state index in [2.05, 4.69) is 17.3 Å². The highest BCUT2D eigenvalue weighted by Crippen LogP contribution is 2.18. The summed E-state index contributed by atoms with van der Waals surface area (Å²) in [5.74, 6) is -0.125. The van der Waals surface area contributed by atoms with Crippen molar-refractivity contribution in [3.63, 3.8) is 0 Å². The Morgan fingerprint density at radius 2 is 2.29 bits per heavy atom. The van der Waals surface area contributed by atoms with Crippen LogP contribution in [-0.4, -0.2) is 26.2 Å². The van der Waals surface area contributed by atoms with E-state index in [9.17, 15) is 4.39 Å². The van der Waals surface area contributed by atoms with Gasteiger partial charge in [0.15, 0.2) is 0 Å². The number of benzene rings is 1. The molecule has 1 saturated heterocycles. The first kappa shape index (κ1) is 12.4. The van der Waals surface area contributed by atoms with E-state index in [4.69, 9.17) is 0 Å². The lowest BCUT2D eigenvalue weighted by atomic mass is 10.1. The Bertz CT molecular complexity index is 372. The maximum absolute atomic E-state index is 13.2. The van der Waals surface area contributed by atoms with Crippen molar-refractivity contribution in [2.45, 2.75) is 32.2 Å². The van der Waals surface area contributed by atoms with Crippen LogP contribution in [0.5, 0.6) is 0 Å². The Balaban J connectivity index is 1.89. The van der Waals surface area contributed by atoms with E-state index in [0.717, 1.165) is 25.2 Å². The van der Waals surface area contributed by atoms with Crippen LogP contribution in [0.2, 0.25) is 0 Å². The number of rotatable bonds is 4. The zero-order chi connectivity index (χ0) is 12.3. The van der Waals surface area contributed by atoms with Crippen molar-refractivity contribution in [1.29, 1.82) is 0 Å². The van der Waals surface area contributed by atoms with Crippen molar-refractivity contribution in [2.75, 3.05) is 25.0 Å². The van der Waals surface area contributed by atoms with Gasteiger partial charge in [0.1, 0.15) is 5.82 Å². The molecule has 94 valence electrons. The van der Waals surface area contributed by atoms with Gasteiger partial charge in [0.05, 0.1) is 0 Å². The maximum Gasteiger partial charge on any atom is 0.126 e. The van der Waals surface area contributed by atoms with Gasteiger partial charge >= 0.3 is 0 Å². The monoisotopic (exact) mass is 236 g/mol. The predicted molar refractivity (Wildman–Crippen MR) is 70.0 cm³/mol. The molecule has 1 aromatic rings. The predicted octanol–water partition coefficient (Wildman–Crippen LogP) is 2.71. The SMILES string of the molecule is Cc1cc(N(C)CCC2CCCN2)ccc1F. The Hall–Kier alpha value is -1.09. The summed E-state index contributed by atoms with van der Waals surface area (Å²) in [7, 11) is 2.07. The number of nitrogens with zero attached hydrogens (tertiary/aromatic N) is 1. The van der Waals surface area contributed by atoms with E-state index >= 15 is 0 Å². The summed E-state index contributed by atoms with van der Waals surface area (Å²) in [5, 5.41) is 3.50. The zero-order valence-electron chi connectivity index (χ0n) is 10.7. The molecule has 1 fully saturated rings. The Labute approximate surface area is 103 Å². The average Bonchev–Trinajstić information content (AvgIpc) is 2.82. The molecule has 2 rings (SSSR count). The highest BCUT2D eigenvalue weighted by Gasteiger charge is 2.14. The van der Waals surface area contributed by atoms with Crippen LogP contribution in [-0.2, 0) is 0 Å². The first-order valence-electron chi connectivity index (χ1n) is 6.37. The van der Waals surface area contributed by atoms with Crippen molar-refractivity contribution in [2.24, 2.45) is 0 Å². The highest BCUT2D eigenvalue weighted by atomic mass is 19.1. The molecule has 1 atom stereocenters. The molecule has 1 aliphatic heterocycles. The van der Waals surface area contributed by atoms with E-state index in [0.29, 0.717) is 11.6 Å². The van der Waals surface area contributed by atoms with E-state index in [1.807, 2.05) is 19.1 Å². The van der Waals surface area contributed by atoms with E-state index in [1.165, 1.54) is 12.8 Å². The van der Waals surface area contributed by atoms with Gasteiger partial charge in [-0.25, -0.2) is 4.39 Å². The highest BCUT2D eigenvalue weighted by molar-refractivity contribution is 5.48. The quantitative estimate of drug-likeness (QED) is 0.864. The lowest BCUT2D eigenvalue weighted by Crippen LogP contribution is -2.28. The minimum absolute atomic E-state index is 0.125. The molecule has 0 bridgehead atoms. The molecule has 1 aromatic carbocycles. The van der Waals surface area contributed by atoms with Crippen LogP contribution in [0.15, 0.2) is 18.2 Å². The first-order valence-corrected chi connectivity index (χ1v) is 6.37. The van der Waals surface area contributed by atoms with Crippen LogP contribution in [0.25, 0.3) is 0 Å². The fourth-order valence-electron chi connectivity index (χ4n) is 2.35. The normalized spacial score (nSPS) is 19.6. The van der Waals surface area contributed by atoms with Crippen LogP contribution >= 0.6 is 0 Å². The molecule has 0 aromatic heterocycles. The summed E-state index contributed by atoms with van der Waals surface area (Å²) < 4.78 is 13.2. The Kier molecular flexibility index (Phi) is 4.00. The summed E-state index contributed by atoms with van der Waals surface area (Å²) >= 11 is 0. The van der Waals surface area contributed by atoms with Gasteiger partial charge < -0.3 is 10.2 Å². The van der Waals surface area contributed by atoms with E-state index in [-0.39, 0.29) is 5.82 Å². The van der Waals surface area contributed by atoms with Crippen LogP contribution < -0.4 is 10.2 Å². The smallest absolute Gasteiger partial charge is 0.126 e. The third-order valence-corrected chi connectivity index (χ3v) is 3.56. The van der Waals surface area contributed by atoms with Crippen LogP contribution in [0.3, 0.4) is 0 Å². The van der Waals surface area contributed by atoms with Gasteiger partial charge in [-0.1, -0.05) is 0 Å². The van der Waals surface area contributed by atoms with Gasteiger partial charge in [-0.15, -0.1) is 0 Å². The maximum atomic E-state index is 13.2. The molecule has 0 aliphatic carbocycles. The van der Waals surface area contributed by atoms with E-state index in [1.54, 1.807) is 6.07 Å². The molecule has 1 heterocycles. The first-order chi connectivity index (χ1) is 8.16. The Morgan fingerprint density at radius 3 is 2.94 bits per heavy atom. The second-order valence-electron chi connectivity index (χ2n) is 4.94. The third-order valence-electron chi connectivity index (χ3n) is 3.56. The largest absolute Gasteiger partial charge is 0.375 e. The van der Waals surface area contributed by atoms with Crippen LogP contribution in [0.4, 0.5) is 10.1 Å². The van der Waals surface area contributed by atoms with Gasteiger partial charge in [-0.3, -0.25) is 0 Å². The number of hydrogen-bond acceptors (Lipinski definition) is 2. The fraction of sp³-hybridized carbons (Fsp3) is 0.571. The topological polar surface area (TPSA) is 15.3 Å². The van der Waals surface area contributed by atoms with Crippen molar-refractivity contribution in [3.8, 4) is 0 Å².